The summed E-state index contributed by atoms with van der Waals surface area (Å²) in [6, 6.07) is 0. The molecule has 0 aromatic heterocycles. The van der Waals surface area contributed by atoms with E-state index in [1.807, 2.05) is 0 Å². The Morgan fingerprint density at radius 3 is 2.69 bits per heavy atom. The van der Waals surface area contributed by atoms with Crippen LogP contribution >= 0.6 is 0 Å². The van der Waals surface area contributed by atoms with E-state index in [9.17, 15) is 17.6 Å². The van der Waals surface area contributed by atoms with Crippen LogP contribution in [0.4, 0.5) is 17.6 Å². The molecule has 2 rings (SSSR count). The number of hydrogen-bond acceptors (Lipinski definition) is 2. The predicted octanol–water partition coefficient (Wildman–Crippen LogP) is 2.21. The van der Waals surface area contributed by atoms with Crippen molar-refractivity contribution >= 4 is 5.71 Å². The lowest BCUT2D eigenvalue weighted by atomic mass is 10.0. The molecule has 0 bridgehead atoms. The summed E-state index contributed by atoms with van der Waals surface area (Å²) >= 11 is 0. The van der Waals surface area contributed by atoms with Gasteiger partial charge in [-0.3, -0.25) is 4.99 Å². The van der Waals surface area contributed by atoms with Crippen molar-refractivity contribution in [3.05, 3.63) is 11.3 Å². The SMILES string of the molecule is CCN=C1/C(=C(\N)C(F)F)C2CC2C1(F)F. The van der Waals surface area contributed by atoms with Gasteiger partial charge in [-0.2, -0.15) is 8.78 Å². The average Bonchev–Trinajstić information content (AvgIpc) is 2.93. The summed E-state index contributed by atoms with van der Waals surface area (Å²) in [5, 5.41) is 0. The molecule has 6 heteroatoms. The van der Waals surface area contributed by atoms with Crippen LogP contribution in [0.2, 0.25) is 0 Å². The number of halogens is 4. The summed E-state index contributed by atoms with van der Waals surface area (Å²) in [6.07, 6.45) is -2.66. The molecule has 90 valence electrons. The molecular formula is C10H12F4N2. The highest BCUT2D eigenvalue weighted by Gasteiger charge is 2.67. The van der Waals surface area contributed by atoms with Crippen molar-refractivity contribution in [1.82, 2.24) is 0 Å². The number of allylic oxidation sites excluding steroid dienone is 2. The first-order valence-electron chi connectivity index (χ1n) is 5.12. The highest BCUT2D eigenvalue weighted by Crippen LogP contribution is 2.61. The lowest BCUT2D eigenvalue weighted by molar-refractivity contribution is 0.0577. The van der Waals surface area contributed by atoms with Gasteiger partial charge in [0.2, 0.25) is 0 Å². The van der Waals surface area contributed by atoms with E-state index in [-0.39, 0.29) is 18.5 Å². The van der Waals surface area contributed by atoms with Crippen molar-refractivity contribution in [2.45, 2.75) is 25.7 Å². The van der Waals surface area contributed by atoms with Crippen molar-refractivity contribution in [3.8, 4) is 0 Å². The number of rotatable bonds is 2. The van der Waals surface area contributed by atoms with Crippen molar-refractivity contribution in [3.63, 3.8) is 0 Å². The largest absolute Gasteiger partial charge is 0.397 e. The van der Waals surface area contributed by atoms with E-state index in [1.54, 1.807) is 6.92 Å². The van der Waals surface area contributed by atoms with Crippen LogP contribution in [0.1, 0.15) is 13.3 Å². The molecule has 2 N–H and O–H groups in total. The zero-order valence-electron chi connectivity index (χ0n) is 8.68. The fourth-order valence-corrected chi connectivity index (χ4v) is 2.26. The molecule has 0 heterocycles. The molecule has 0 amide bonds. The molecular weight excluding hydrogens is 224 g/mol. The van der Waals surface area contributed by atoms with Gasteiger partial charge in [-0.1, -0.05) is 0 Å². The van der Waals surface area contributed by atoms with Gasteiger partial charge in [-0.25, -0.2) is 8.78 Å². The maximum Gasteiger partial charge on any atom is 0.292 e. The molecule has 2 aliphatic rings. The highest BCUT2D eigenvalue weighted by molar-refractivity contribution is 6.10. The molecule has 0 aromatic rings. The first kappa shape index (κ1) is 11.4. The number of hydrogen-bond donors (Lipinski definition) is 1. The summed E-state index contributed by atoms with van der Waals surface area (Å²) < 4.78 is 52.2. The lowest BCUT2D eigenvalue weighted by Gasteiger charge is -2.15. The Morgan fingerprint density at radius 2 is 2.19 bits per heavy atom. The quantitative estimate of drug-likeness (QED) is 0.733. The Morgan fingerprint density at radius 1 is 1.56 bits per heavy atom. The highest BCUT2D eigenvalue weighted by atomic mass is 19.3. The molecule has 0 saturated heterocycles. The van der Waals surface area contributed by atoms with Crippen molar-refractivity contribution in [2.75, 3.05) is 6.54 Å². The molecule has 2 unspecified atom stereocenters. The third kappa shape index (κ3) is 1.43. The summed E-state index contributed by atoms with van der Waals surface area (Å²) in [5.74, 6) is -4.48. The average molecular weight is 236 g/mol. The van der Waals surface area contributed by atoms with Gasteiger partial charge in [0.1, 0.15) is 5.71 Å². The van der Waals surface area contributed by atoms with Gasteiger partial charge >= 0.3 is 0 Å². The van der Waals surface area contributed by atoms with Crippen LogP contribution in [0.15, 0.2) is 16.3 Å². The van der Waals surface area contributed by atoms with Crippen LogP contribution in [0, 0.1) is 11.8 Å². The van der Waals surface area contributed by atoms with E-state index < -0.39 is 35.6 Å². The van der Waals surface area contributed by atoms with Gasteiger partial charge in [-0.15, -0.1) is 0 Å². The molecule has 2 aliphatic carbocycles. The minimum Gasteiger partial charge on any atom is -0.397 e. The first-order valence-corrected chi connectivity index (χ1v) is 5.12. The molecule has 16 heavy (non-hydrogen) atoms. The van der Waals surface area contributed by atoms with E-state index in [4.69, 9.17) is 5.73 Å². The van der Waals surface area contributed by atoms with Gasteiger partial charge in [-0.05, 0) is 19.3 Å². The second-order valence-electron chi connectivity index (χ2n) is 4.06. The molecule has 2 nitrogen and oxygen atoms in total. The van der Waals surface area contributed by atoms with E-state index in [2.05, 4.69) is 4.99 Å². The number of alkyl halides is 4. The number of aliphatic imine (C=N–C) groups is 1. The summed E-state index contributed by atoms with van der Waals surface area (Å²) in [6.45, 7) is 1.73. The second kappa shape index (κ2) is 3.46. The van der Waals surface area contributed by atoms with E-state index in [0.29, 0.717) is 0 Å². The summed E-state index contributed by atoms with van der Waals surface area (Å²) in [7, 11) is 0. The van der Waals surface area contributed by atoms with Crippen LogP contribution < -0.4 is 5.73 Å². The van der Waals surface area contributed by atoms with Gasteiger partial charge in [0.15, 0.2) is 0 Å². The van der Waals surface area contributed by atoms with Gasteiger partial charge < -0.3 is 5.73 Å². The van der Waals surface area contributed by atoms with E-state index in [0.717, 1.165) is 0 Å². The van der Waals surface area contributed by atoms with Crippen molar-refractivity contribution in [2.24, 2.45) is 22.6 Å². The predicted molar refractivity (Wildman–Crippen MR) is 51.7 cm³/mol. The summed E-state index contributed by atoms with van der Waals surface area (Å²) in [4.78, 5) is 3.64. The van der Waals surface area contributed by atoms with Gasteiger partial charge in [0.05, 0.1) is 5.70 Å². The first-order chi connectivity index (χ1) is 7.41. The zero-order chi connectivity index (χ0) is 12.1. The number of nitrogens with zero attached hydrogens (tertiary/aromatic N) is 1. The fourth-order valence-electron chi connectivity index (χ4n) is 2.26. The lowest BCUT2D eigenvalue weighted by Crippen LogP contribution is -2.30. The van der Waals surface area contributed by atoms with Crippen LogP contribution in [0.5, 0.6) is 0 Å². The Kier molecular flexibility index (Phi) is 2.47. The molecule has 2 fully saturated rings. The van der Waals surface area contributed by atoms with Crippen LogP contribution in [-0.4, -0.2) is 24.6 Å². The standard InChI is InChI=1S/C10H12F4N2/c1-2-16-8-6(7(15)9(11)12)4-3-5(4)10(8,13)14/h4-5,9H,2-3,15H2,1H3/b7-6-,16-8?. The third-order valence-corrected chi connectivity index (χ3v) is 3.06. The molecule has 0 radical (unpaired) electrons. The van der Waals surface area contributed by atoms with Crippen LogP contribution in [0.25, 0.3) is 0 Å². The monoisotopic (exact) mass is 236 g/mol. The maximum atomic E-state index is 13.6. The summed E-state index contributed by atoms with van der Waals surface area (Å²) in [5.41, 5.74) is 3.83. The van der Waals surface area contributed by atoms with E-state index >= 15 is 0 Å². The Hall–Kier alpha value is -1.07. The van der Waals surface area contributed by atoms with E-state index in [1.165, 1.54) is 0 Å². The zero-order valence-corrected chi connectivity index (χ0v) is 8.68. The second-order valence-corrected chi connectivity index (χ2v) is 4.06. The van der Waals surface area contributed by atoms with Crippen LogP contribution in [-0.2, 0) is 0 Å². The molecule has 2 saturated carbocycles. The topological polar surface area (TPSA) is 38.4 Å². The molecule has 0 aliphatic heterocycles. The third-order valence-electron chi connectivity index (χ3n) is 3.06. The fraction of sp³-hybridized carbons (Fsp3) is 0.700. The van der Waals surface area contributed by atoms with Crippen molar-refractivity contribution in [1.29, 1.82) is 0 Å². The molecule has 0 aromatic carbocycles. The smallest absolute Gasteiger partial charge is 0.292 e. The van der Waals surface area contributed by atoms with Gasteiger partial charge in [0.25, 0.3) is 12.3 Å². The maximum absolute atomic E-state index is 13.6. The van der Waals surface area contributed by atoms with Crippen LogP contribution in [0.3, 0.4) is 0 Å². The minimum absolute atomic E-state index is 0.105. The van der Waals surface area contributed by atoms with Crippen molar-refractivity contribution < 1.29 is 17.6 Å². The Labute approximate surface area is 90.2 Å². The minimum atomic E-state index is -3.09. The molecule has 0 spiro atoms. The normalized spacial score (nSPS) is 36.8. The molecule has 2 atom stereocenters. The number of fused-ring (bicyclic) bond motifs is 1. The van der Waals surface area contributed by atoms with Gasteiger partial charge in [0, 0.05) is 18.0 Å². The Balaban J connectivity index is 2.47. The Bertz CT molecular complexity index is 373. The number of nitrogens with two attached hydrogens (primary N) is 1.